The van der Waals surface area contributed by atoms with E-state index in [4.69, 9.17) is 0 Å². The molecule has 0 aliphatic heterocycles. The summed E-state index contributed by atoms with van der Waals surface area (Å²) >= 11 is 0. The van der Waals surface area contributed by atoms with Crippen molar-refractivity contribution >= 4 is 21.4 Å². The number of nitrogens with one attached hydrogen (secondary N) is 1. The highest BCUT2D eigenvalue weighted by molar-refractivity contribution is 7.90. The first-order valence-corrected chi connectivity index (χ1v) is 8.81. The van der Waals surface area contributed by atoms with E-state index in [2.05, 4.69) is 5.32 Å². The number of anilines is 1. The van der Waals surface area contributed by atoms with Gasteiger partial charge in [-0.3, -0.25) is 4.79 Å². The lowest BCUT2D eigenvalue weighted by atomic mass is 10.0. The molecule has 0 saturated heterocycles. The van der Waals surface area contributed by atoms with Crippen molar-refractivity contribution in [3.63, 3.8) is 0 Å². The molecule has 4 nitrogen and oxygen atoms in total. The quantitative estimate of drug-likeness (QED) is 0.943. The summed E-state index contributed by atoms with van der Waals surface area (Å²) < 4.78 is 22.8. The molecule has 5 heteroatoms. The van der Waals surface area contributed by atoms with Gasteiger partial charge in [0.15, 0.2) is 9.84 Å². The molecule has 0 atom stereocenters. The summed E-state index contributed by atoms with van der Waals surface area (Å²) in [4.78, 5) is 12.3. The molecule has 0 aliphatic carbocycles. The Hall–Kier alpha value is -2.14. The third-order valence-corrected chi connectivity index (χ3v) is 4.63. The van der Waals surface area contributed by atoms with Gasteiger partial charge in [0.05, 0.1) is 11.3 Å². The zero-order chi connectivity index (χ0) is 16.3. The summed E-state index contributed by atoms with van der Waals surface area (Å²) in [7, 11) is -3.22. The zero-order valence-electron chi connectivity index (χ0n) is 12.9. The summed E-state index contributed by atoms with van der Waals surface area (Å²) in [5, 5.41) is 2.77. The molecule has 0 bridgehead atoms. The van der Waals surface area contributed by atoms with Crippen molar-refractivity contribution in [2.24, 2.45) is 0 Å². The molecular weight excluding hydrogens is 298 g/mol. The predicted octanol–water partition coefficient (Wildman–Crippen LogP) is 2.89. The standard InChI is InChI=1S/C17H19NO3S/c1-12-4-5-14(10-13(12)2)11-17(19)18-15-6-8-16(9-7-15)22(3,20)21/h4-10H,11H2,1-3H3,(H,18,19). The zero-order valence-corrected chi connectivity index (χ0v) is 13.7. The highest BCUT2D eigenvalue weighted by atomic mass is 32.2. The van der Waals surface area contributed by atoms with E-state index < -0.39 is 9.84 Å². The SMILES string of the molecule is Cc1ccc(CC(=O)Nc2ccc(S(C)(=O)=O)cc2)cc1C. The van der Waals surface area contributed by atoms with Crippen LogP contribution < -0.4 is 5.32 Å². The average molecular weight is 317 g/mol. The van der Waals surface area contributed by atoms with Crippen LogP contribution >= 0.6 is 0 Å². The monoisotopic (exact) mass is 317 g/mol. The second-order valence-corrected chi connectivity index (χ2v) is 7.46. The summed E-state index contributed by atoms with van der Waals surface area (Å²) in [6.07, 6.45) is 1.44. The van der Waals surface area contributed by atoms with E-state index in [1.165, 1.54) is 17.7 Å². The van der Waals surface area contributed by atoms with E-state index in [1.54, 1.807) is 12.1 Å². The second kappa shape index (κ2) is 6.32. The minimum absolute atomic E-state index is 0.129. The molecule has 1 amide bonds. The van der Waals surface area contributed by atoms with Gasteiger partial charge in [0, 0.05) is 11.9 Å². The third-order valence-electron chi connectivity index (χ3n) is 3.50. The van der Waals surface area contributed by atoms with Crippen LogP contribution in [0, 0.1) is 13.8 Å². The van der Waals surface area contributed by atoms with Gasteiger partial charge in [-0.25, -0.2) is 8.42 Å². The normalized spacial score (nSPS) is 11.2. The van der Waals surface area contributed by atoms with Crippen LogP contribution in [0.4, 0.5) is 5.69 Å². The summed E-state index contributed by atoms with van der Waals surface area (Å²) in [5.41, 5.74) is 3.89. The first-order chi connectivity index (χ1) is 10.3. The Morgan fingerprint density at radius 1 is 1.00 bits per heavy atom. The smallest absolute Gasteiger partial charge is 0.228 e. The number of aryl methyl sites for hydroxylation is 2. The lowest BCUT2D eigenvalue weighted by Crippen LogP contribution is -2.14. The molecular formula is C17H19NO3S. The highest BCUT2D eigenvalue weighted by Gasteiger charge is 2.08. The maximum Gasteiger partial charge on any atom is 0.228 e. The van der Waals surface area contributed by atoms with Gasteiger partial charge in [0.1, 0.15) is 0 Å². The molecule has 2 aromatic rings. The Balaban J connectivity index is 2.04. The van der Waals surface area contributed by atoms with Crippen molar-refractivity contribution < 1.29 is 13.2 Å². The summed E-state index contributed by atoms with van der Waals surface area (Å²) in [5.74, 6) is -0.129. The lowest BCUT2D eigenvalue weighted by Gasteiger charge is -2.08. The van der Waals surface area contributed by atoms with Crippen molar-refractivity contribution in [2.75, 3.05) is 11.6 Å². The molecule has 116 valence electrons. The fourth-order valence-electron chi connectivity index (χ4n) is 2.09. The third kappa shape index (κ3) is 4.18. The molecule has 0 heterocycles. The number of carbonyl (C=O) groups excluding carboxylic acids is 1. The topological polar surface area (TPSA) is 63.2 Å². The molecule has 0 spiro atoms. The fraction of sp³-hybridized carbons (Fsp3) is 0.235. The molecule has 2 aromatic carbocycles. The number of amides is 1. The lowest BCUT2D eigenvalue weighted by molar-refractivity contribution is -0.115. The Bertz CT molecular complexity index is 793. The van der Waals surface area contributed by atoms with Crippen LogP contribution in [0.25, 0.3) is 0 Å². The van der Waals surface area contributed by atoms with Crippen molar-refractivity contribution in [2.45, 2.75) is 25.2 Å². The van der Waals surface area contributed by atoms with Gasteiger partial charge in [0.2, 0.25) is 5.91 Å². The Labute approximate surface area is 131 Å². The number of sulfone groups is 1. The summed E-state index contributed by atoms with van der Waals surface area (Å²) in [6, 6.07) is 12.1. The molecule has 0 fully saturated rings. The van der Waals surface area contributed by atoms with Crippen LogP contribution in [0.5, 0.6) is 0 Å². The number of hydrogen-bond donors (Lipinski definition) is 1. The van der Waals surface area contributed by atoms with Crippen LogP contribution in [-0.4, -0.2) is 20.6 Å². The van der Waals surface area contributed by atoms with Gasteiger partial charge in [-0.05, 0) is 54.8 Å². The molecule has 2 rings (SSSR count). The van der Waals surface area contributed by atoms with E-state index in [1.807, 2.05) is 32.0 Å². The van der Waals surface area contributed by atoms with E-state index in [-0.39, 0.29) is 17.2 Å². The molecule has 0 saturated carbocycles. The van der Waals surface area contributed by atoms with Crippen LogP contribution in [0.15, 0.2) is 47.4 Å². The van der Waals surface area contributed by atoms with Gasteiger partial charge in [-0.2, -0.15) is 0 Å². The maximum absolute atomic E-state index is 12.0. The first-order valence-electron chi connectivity index (χ1n) is 6.92. The van der Waals surface area contributed by atoms with Gasteiger partial charge in [-0.1, -0.05) is 18.2 Å². The van der Waals surface area contributed by atoms with E-state index in [9.17, 15) is 13.2 Å². The average Bonchev–Trinajstić information content (AvgIpc) is 2.42. The van der Waals surface area contributed by atoms with Crippen LogP contribution in [0.2, 0.25) is 0 Å². The van der Waals surface area contributed by atoms with Crippen molar-refractivity contribution in [1.29, 1.82) is 0 Å². The van der Waals surface area contributed by atoms with Gasteiger partial charge >= 0.3 is 0 Å². The molecule has 22 heavy (non-hydrogen) atoms. The highest BCUT2D eigenvalue weighted by Crippen LogP contribution is 2.15. The van der Waals surface area contributed by atoms with Crippen LogP contribution in [0.1, 0.15) is 16.7 Å². The number of hydrogen-bond acceptors (Lipinski definition) is 3. The molecule has 0 unspecified atom stereocenters. The van der Waals surface area contributed by atoms with E-state index in [0.717, 1.165) is 17.4 Å². The minimum Gasteiger partial charge on any atom is -0.326 e. The molecule has 0 radical (unpaired) electrons. The fourth-order valence-corrected chi connectivity index (χ4v) is 2.72. The van der Waals surface area contributed by atoms with Crippen LogP contribution in [0.3, 0.4) is 0 Å². The Morgan fingerprint density at radius 2 is 1.64 bits per heavy atom. The van der Waals surface area contributed by atoms with E-state index >= 15 is 0 Å². The van der Waals surface area contributed by atoms with Crippen molar-refractivity contribution in [3.05, 3.63) is 59.2 Å². The molecule has 0 aliphatic rings. The molecule has 0 aromatic heterocycles. The van der Waals surface area contributed by atoms with E-state index in [0.29, 0.717) is 5.69 Å². The summed E-state index contributed by atoms with van der Waals surface area (Å²) in [6.45, 7) is 4.04. The predicted molar refractivity (Wildman–Crippen MR) is 87.8 cm³/mol. The van der Waals surface area contributed by atoms with Crippen LogP contribution in [-0.2, 0) is 21.1 Å². The van der Waals surface area contributed by atoms with Crippen molar-refractivity contribution in [1.82, 2.24) is 0 Å². The Kier molecular flexibility index (Phi) is 4.66. The number of carbonyl (C=O) groups is 1. The van der Waals surface area contributed by atoms with Crippen molar-refractivity contribution in [3.8, 4) is 0 Å². The van der Waals surface area contributed by atoms with Gasteiger partial charge in [0.25, 0.3) is 0 Å². The largest absolute Gasteiger partial charge is 0.326 e. The van der Waals surface area contributed by atoms with Gasteiger partial charge in [-0.15, -0.1) is 0 Å². The maximum atomic E-state index is 12.0. The first kappa shape index (κ1) is 16.2. The number of rotatable bonds is 4. The number of benzene rings is 2. The Morgan fingerprint density at radius 3 is 2.18 bits per heavy atom. The second-order valence-electron chi connectivity index (χ2n) is 5.44. The molecule has 1 N–H and O–H groups in total. The van der Waals surface area contributed by atoms with Gasteiger partial charge < -0.3 is 5.32 Å². The minimum atomic E-state index is -3.22.